The van der Waals surface area contributed by atoms with Crippen LogP contribution in [0.15, 0.2) is 30.7 Å². The van der Waals surface area contributed by atoms with E-state index in [0.29, 0.717) is 11.6 Å². The number of rotatable bonds is 5. The van der Waals surface area contributed by atoms with Gasteiger partial charge in [0.1, 0.15) is 12.6 Å². The van der Waals surface area contributed by atoms with Crippen LogP contribution in [0, 0.1) is 0 Å². The molecule has 3 rings (SSSR count). The molecule has 6 heteroatoms. The molecule has 1 aromatic heterocycles. The largest absolute Gasteiger partial charge is 0.376 e. The summed E-state index contributed by atoms with van der Waals surface area (Å²) in [7, 11) is 0. The maximum Gasteiger partial charge on any atom is 0.251 e. The van der Waals surface area contributed by atoms with Crippen molar-refractivity contribution in [3.8, 4) is 0 Å². The van der Waals surface area contributed by atoms with Crippen molar-refractivity contribution in [2.45, 2.75) is 44.5 Å². The molecule has 2 atom stereocenters. The van der Waals surface area contributed by atoms with Gasteiger partial charge in [-0.15, -0.1) is 0 Å². The predicted molar refractivity (Wildman–Crippen MR) is 83.2 cm³/mol. The van der Waals surface area contributed by atoms with E-state index in [1.165, 1.54) is 12.7 Å². The second-order valence-corrected chi connectivity index (χ2v) is 5.80. The fraction of sp³-hybridized carbons (Fsp3) is 0.438. The average Bonchev–Trinajstić information content (AvgIpc) is 2.50. The van der Waals surface area contributed by atoms with Crippen molar-refractivity contribution in [3.63, 3.8) is 0 Å². The number of carbonyl (C=O) groups excluding carboxylic acids is 1. The maximum absolute atomic E-state index is 12.3. The molecule has 3 N–H and O–H groups in total. The molecule has 0 bridgehead atoms. The van der Waals surface area contributed by atoms with Gasteiger partial charge in [-0.2, -0.15) is 0 Å². The van der Waals surface area contributed by atoms with E-state index in [1.54, 1.807) is 25.3 Å². The Hall–Kier alpha value is -2.05. The van der Waals surface area contributed by atoms with Crippen molar-refractivity contribution in [1.82, 2.24) is 20.6 Å². The van der Waals surface area contributed by atoms with Crippen molar-refractivity contribution in [2.75, 3.05) is 0 Å². The number of carbonyl (C=O) groups is 1. The molecule has 1 unspecified atom stereocenters. The number of benzene rings is 1. The van der Waals surface area contributed by atoms with Crippen molar-refractivity contribution in [1.29, 1.82) is 0 Å². The van der Waals surface area contributed by atoms with Gasteiger partial charge in [0.15, 0.2) is 0 Å². The molecule has 0 saturated heterocycles. The highest BCUT2D eigenvalue weighted by atomic mass is 16.3. The zero-order chi connectivity index (χ0) is 15.5. The molecular weight excluding hydrogens is 280 g/mol. The summed E-state index contributed by atoms with van der Waals surface area (Å²) in [5.74, 6) is -0.220. The number of fused-ring (bicyclic) bond motifs is 1. The fourth-order valence-corrected chi connectivity index (χ4v) is 2.44. The topological polar surface area (TPSA) is 87.1 Å². The monoisotopic (exact) mass is 300 g/mol. The Labute approximate surface area is 129 Å². The quantitative estimate of drug-likeness (QED) is 0.723. The van der Waals surface area contributed by atoms with E-state index in [-0.39, 0.29) is 11.9 Å². The summed E-state index contributed by atoms with van der Waals surface area (Å²) < 4.78 is 0. The molecule has 1 saturated carbocycles. The SMILES string of the molecule is C[C@H](NC(=O)c1ccc2cncnc2c1)C(O)NC1CCC1. The molecule has 1 aliphatic carbocycles. The van der Waals surface area contributed by atoms with Gasteiger partial charge in [0.05, 0.1) is 11.6 Å². The van der Waals surface area contributed by atoms with Gasteiger partial charge in [-0.3, -0.25) is 10.1 Å². The Bertz CT molecular complexity index is 672. The van der Waals surface area contributed by atoms with Gasteiger partial charge >= 0.3 is 0 Å². The number of nitrogens with zero attached hydrogens (tertiary/aromatic N) is 2. The molecule has 22 heavy (non-hydrogen) atoms. The van der Waals surface area contributed by atoms with Gasteiger partial charge in [-0.25, -0.2) is 9.97 Å². The van der Waals surface area contributed by atoms with Gasteiger partial charge in [-0.05, 0) is 31.9 Å². The Morgan fingerprint density at radius 3 is 2.95 bits per heavy atom. The summed E-state index contributed by atoms with van der Waals surface area (Å²) in [5, 5.41) is 16.9. The number of aliphatic hydroxyl groups excluding tert-OH is 1. The molecule has 0 radical (unpaired) electrons. The van der Waals surface area contributed by atoms with E-state index in [9.17, 15) is 9.90 Å². The van der Waals surface area contributed by atoms with Gasteiger partial charge < -0.3 is 10.4 Å². The van der Waals surface area contributed by atoms with Crippen LogP contribution < -0.4 is 10.6 Å². The van der Waals surface area contributed by atoms with Crippen LogP contribution >= 0.6 is 0 Å². The minimum atomic E-state index is -0.739. The molecular formula is C16H20N4O2. The minimum Gasteiger partial charge on any atom is -0.376 e. The van der Waals surface area contributed by atoms with Crippen LogP contribution in [0.1, 0.15) is 36.5 Å². The summed E-state index contributed by atoms with van der Waals surface area (Å²) >= 11 is 0. The summed E-state index contributed by atoms with van der Waals surface area (Å²) in [6.45, 7) is 1.79. The molecule has 1 heterocycles. The molecule has 2 aromatic rings. The minimum absolute atomic E-state index is 0.220. The number of aromatic nitrogens is 2. The molecule has 0 spiro atoms. The average molecular weight is 300 g/mol. The van der Waals surface area contributed by atoms with Crippen LogP contribution in [0.25, 0.3) is 10.9 Å². The highest BCUT2D eigenvalue weighted by Gasteiger charge is 2.24. The number of amides is 1. The first-order chi connectivity index (χ1) is 10.6. The third-order valence-electron chi connectivity index (χ3n) is 4.11. The molecule has 1 amide bonds. The van der Waals surface area contributed by atoms with Gasteiger partial charge in [0.2, 0.25) is 0 Å². The van der Waals surface area contributed by atoms with Crippen molar-refractivity contribution < 1.29 is 9.90 Å². The van der Waals surface area contributed by atoms with Gasteiger partial charge in [0.25, 0.3) is 5.91 Å². The summed E-state index contributed by atoms with van der Waals surface area (Å²) in [5.41, 5.74) is 1.25. The molecule has 1 aromatic carbocycles. The Kier molecular flexibility index (Phi) is 4.31. The van der Waals surface area contributed by atoms with Crippen molar-refractivity contribution >= 4 is 16.8 Å². The van der Waals surface area contributed by atoms with E-state index < -0.39 is 6.23 Å². The molecule has 1 fully saturated rings. The zero-order valence-corrected chi connectivity index (χ0v) is 12.5. The Morgan fingerprint density at radius 1 is 1.41 bits per heavy atom. The second kappa shape index (κ2) is 6.37. The lowest BCUT2D eigenvalue weighted by atomic mass is 9.93. The van der Waals surface area contributed by atoms with Crippen LogP contribution in [-0.4, -0.2) is 39.3 Å². The number of hydrogen-bond donors (Lipinski definition) is 3. The van der Waals surface area contributed by atoms with E-state index in [0.717, 1.165) is 23.7 Å². The van der Waals surface area contributed by atoms with Crippen LogP contribution in [-0.2, 0) is 0 Å². The smallest absolute Gasteiger partial charge is 0.251 e. The van der Waals surface area contributed by atoms with Crippen LogP contribution in [0.5, 0.6) is 0 Å². The fourth-order valence-electron chi connectivity index (χ4n) is 2.44. The zero-order valence-electron chi connectivity index (χ0n) is 12.5. The van der Waals surface area contributed by atoms with Crippen LogP contribution in [0.3, 0.4) is 0 Å². The lowest BCUT2D eigenvalue weighted by Crippen LogP contribution is -2.52. The predicted octanol–water partition coefficient (Wildman–Crippen LogP) is 1.21. The van der Waals surface area contributed by atoms with Crippen molar-refractivity contribution in [2.24, 2.45) is 0 Å². The standard InChI is InChI=1S/C16H20N4O2/c1-10(15(21)20-13-3-2-4-13)19-16(22)11-5-6-12-8-17-9-18-14(12)7-11/h5-10,13,15,20-21H,2-4H2,1H3,(H,19,22)/t10-,15?/m0/s1. The van der Waals surface area contributed by atoms with Crippen LogP contribution in [0.2, 0.25) is 0 Å². The molecule has 6 nitrogen and oxygen atoms in total. The number of nitrogens with one attached hydrogen (secondary N) is 2. The molecule has 0 aliphatic heterocycles. The highest BCUT2D eigenvalue weighted by Crippen LogP contribution is 2.18. The van der Waals surface area contributed by atoms with E-state index in [2.05, 4.69) is 20.6 Å². The van der Waals surface area contributed by atoms with E-state index >= 15 is 0 Å². The van der Waals surface area contributed by atoms with E-state index in [1.807, 2.05) is 6.07 Å². The summed E-state index contributed by atoms with van der Waals surface area (Å²) in [6.07, 6.45) is 5.80. The highest BCUT2D eigenvalue weighted by molar-refractivity contribution is 5.97. The Balaban J connectivity index is 1.64. The lowest BCUT2D eigenvalue weighted by Gasteiger charge is -2.31. The van der Waals surface area contributed by atoms with Gasteiger partial charge in [0, 0.05) is 23.2 Å². The maximum atomic E-state index is 12.3. The normalized spacial score (nSPS) is 17.7. The second-order valence-electron chi connectivity index (χ2n) is 5.80. The van der Waals surface area contributed by atoms with Crippen molar-refractivity contribution in [3.05, 3.63) is 36.3 Å². The third-order valence-corrected chi connectivity index (χ3v) is 4.11. The first kappa shape index (κ1) is 14.9. The molecule has 116 valence electrons. The lowest BCUT2D eigenvalue weighted by molar-refractivity contribution is 0.0639. The molecule has 1 aliphatic rings. The first-order valence-electron chi connectivity index (χ1n) is 7.58. The Morgan fingerprint density at radius 2 is 2.23 bits per heavy atom. The summed E-state index contributed by atoms with van der Waals surface area (Å²) in [6, 6.07) is 5.28. The number of aliphatic hydroxyl groups is 1. The van der Waals surface area contributed by atoms with Crippen LogP contribution in [0.4, 0.5) is 0 Å². The van der Waals surface area contributed by atoms with Gasteiger partial charge in [-0.1, -0.05) is 12.5 Å². The number of hydrogen-bond acceptors (Lipinski definition) is 5. The third kappa shape index (κ3) is 3.23. The van der Waals surface area contributed by atoms with E-state index in [4.69, 9.17) is 0 Å². The first-order valence-corrected chi connectivity index (χ1v) is 7.58. The summed E-state index contributed by atoms with van der Waals surface area (Å²) in [4.78, 5) is 20.4.